The molecule has 2 N–H and O–H groups in total. The topological polar surface area (TPSA) is 49.3 Å². The van der Waals surface area contributed by atoms with E-state index >= 15 is 0 Å². The summed E-state index contributed by atoms with van der Waals surface area (Å²) in [6.45, 7) is 5.79. The van der Waals surface area contributed by atoms with E-state index in [-0.39, 0.29) is 11.7 Å². The lowest BCUT2D eigenvalue weighted by Crippen LogP contribution is -2.12. The van der Waals surface area contributed by atoms with E-state index in [4.69, 9.17) is 0 Å². The Labute approximate surface area is 112 Å². The fourth-order valence-corrected chi connectivity index (χ4v) is 1.82. The number of anilines is 1. The smallest absolute Gasteiger partial charge is 0.255 e. The average molecular weight is 255 g/mol. The minimum Gasteiger partial charge on any atom is -0.508 e. The van der Waals surface area contributed by atoms with Gasteiger partial charge in [0.05, 0.1) is 0 Å². The summed E-state index contributed by atoms with van der Waals surface area (Å²) >= 11 is 0. The number of carbonyl (C=O) groups is 1. The number of aromatic hydroxyl groups is 1. The second kappa shape index (κ2) is 5.14. The van der Waals surface area contributed by atoms with Gasteiger partial charge in [-0.1, -0.05) is 6.07 Å². The van der Waals surface area contributed by atoms with Crippen LogP contribution in [0.3, 0.4) is 0 Å². The minimum atomic E-state index is -0.145. The largest absolute Gasteiger partial charge is 0.508 e. The predicted molar refractivity (Wildman–Crippen MR) is 76.7 cm³/mol. The van der Waals surface area contributed by atoms with Crippen molar-refractivity contribution in [1.29, 1.82) is 0 Å². The molecule has 0 aliphatic carbocycles. The first kappa shape index (κ1) is 13.1. The highest BCUT2D eigenvalue weighted by molar-refractivity contribution is 6.04. The molecule has 2 rings (SSSR count). The fraction of sp³-hybridized carbons (Fsp3) is 0.188. The van der Waals surface area contributed by atoms with Gasteiger partial charge < -0.3 is 10.4 Å². The van der Waals surface area contributed by atoms with Crippen LogP contribution in [0, 0.1) is 20.8 Å². The highest BCUT2D eigenvalue weighted by atomic mass is 16.3. The summed E-state index contributed by atoms with van der Waals surface area (Å²) in [7, 11) is 0. The maximum absolute atomic E-state index is 12.1. The zero-order chi connectivity index (χ0) is 14.0. The molecule has 19 heavy (non-hydrogen) atoms. The fourth-order valence-electron chi connectivity index (χ4n) is 1.82. The van der Waals surface area contributed by atoms with Gasteiger partial charge in [0.1, 0.15) is 5.75 Å². The second-order valence-electron chi connectivity index (χ2n) is 4.75. The summed E-state index contributed by atoms with van der Waals surface area (Å²) < 4.78 is 0. The molecule has 0 saturated heterocycles. The van der Waals surface area contributed by atoms with Gasteiger partial charge in [-0.3, -0.25) is 4.79 Å². The summed E-state index contributed by atoms with van der Waals surface area (Å²) in [5.41, 5.74) is 4.30. The Morgan fingerprint density at radius 3 is 2.32 bits per heavy atom. The molecule has 0 atom stereocenters. The second-order valence-corrected chi connectivity index (χ2v) is 4.75. The van der Waals surface area contributed by atoms with Crippen LogP contribution in [0.4, 0.5) is 5.69 Å². The minimum absolute atomic E-state index is 0.145. The van der Waals surface area contributed by atoms with Crippen LogP contribution in [0.2, 0.25) is 0 Å². The van der Waals surface area contributed by atoms with Crippen molar-refractivity contribution in [3.05, 3.63) is 58.7 Å². The number of carbonyl (C=O) groups excluding carboxylic acids is 1. The average Bonchev–Trinajstić information content (AvgIpc) is 2.37. The quantitative estimate of drug-likeness (QED) is 0.806. The molecule has 0 aliphatic heterocycles. The van der Waals surface area contributed by atoms with Crippen molar-refractivity contribution in [2.45, 2.75) is 20.8 Å². The van der Waals surface area contributed by atoms with Crippen LogP contribution >= 0.6 is 0 Å². The predicted octanol–water partition coefficient (Wildman–Crippen LogP) is 3.57. The number of phenols is 1. The number of hydrogen-bond donors (Lipinski definition) is 2. The molecular formula is C16H17NO2. The Bertz CT molecular complexity index is 633. The molecular weight excluding hydrogens is 238 g/mol. The van der Waals surface area contributed by atoms with Gasteiger partial charge in [-0.2, -0.15) is 0 Å². The molecule has 1 amide bonds. The number of benzene rings is 2. The van der Waals surface area contributed by atoms with Crippen molar-refractivity contribution in [3.8, 4) is 5.75 Å². The van der Waals surface area contributed by atoms with Crippen LogP contribution in [0.25, 0.3) is 0 Å². The van der Waals surface area contributed by atoms with Gasteiger partial charge in [-0.05, 0) is 67.8 Å². The zero-order valence-corrected chi connectivity index (χ0v) is 11.3. The Morgan fingerprint density at radius 2 is 1.68 bits per heavy atom. The van der Waals surface area contributed by atoms with Crippen molar-refractivity contribution in [1.82, 2.24) is 0 Å². The molecule has 0 heterocycles. The molecule has 0 radical (unpaired) electrons. The molecule has 0 aliphatic rings. The van der Waals surface area contributed by atoms with Crippen molar-refractivity contribution >= 4 is 11.6 Å². The van der Waals surface area contributed by atoms with Crippen LogP contribution in [0.15, 0.2) is 36.4 Å². The van der Waals surface area contributed by atoms with Gasteiger partial charge in [-0.15, -0.1) is 0 Å². The Balaban J connectivity index is 2.20. The maximum Gasteiger partial charge on any atom is 0.255 e. The van der Waals surface area contributed by atoms with E-state index in [9.17, 15) is 9.90 Å². The third-order valence-electron chi connectivity index (χ3n) is 3.22. The van der Waals surface area contributed by atoms with Crippen LogP contribution in [0.1, 0.15) is 27.0 Å². The first-order valence-electron chi connectivity index (χ1n) is 6.15. The Kier molecular flexibility index (Phi) is 3.56. The van der Waals surface area contributed by atoms with Crippen molar-refractivity contribution < 1.29 is 9.90 Å². The third kappa shape index (κ3) is 2.94. The van der Waals surface area contributed by atoms with E-state index in [1.165, 1.54) is 0 Å². The number of hydrogen-bond acceptors (Lipinski definition) is 2. The molecule has 0 saturated carbocycles. The first-order valence-corrected chi connectivity index (χ1v) is 6.15. The lowest BCUT2D eigenvalue weighted by atomic mass is 10.1. The summed E-state index contributed by atoms with van der Waals surface area (Å²) in [5, 5.41) is 12.3. The van der Waals surface area contributed by atoms with Gasteiger partial charge in [0.25, 0.3) is 5.91 Å². The summed E-state index contributed by atoms with van der Waals surface area (Å²) in [4.78, 5) is 12.1. The van der Waals surface area contributed by atoms with Crippen LogP contribution in [-0.4, -0.2) is 11.0 Å². The van der Waals surface area contributed by atoms with Crippen LogP contribution < -0.4 is 5.32 Å². The van der Waals surface area contributed by atoms with Gasteiger partial charge in [0.15, 0.2) is 0 Å². The summed E-state index contributed by atoms with van der Waals surface area (Å²) in [5.74, 6) is 0.0809. The van der Waals surface area contributed by atoms with Crippen molar-refractivity contribution in [3.63, 3.8) is 0 Å². The summed E-state index contributed by atoms with van der Waals surface area (Å²) in [6.07, 6.45) is 0. The highest BCUT2D eigenvalue weighted by Gasteiger charge is 2.07. The van der Waals surface area contributed by atoms with Gasteiger partial charge in [0.2, 0.25) is 0 Å². The number of aryl methyl sites for hydroxylation is 3. The number of amides is 1. The van der Waals surface area contributed by atoms with Crippen molar-refractivity contribution in [2.75, 3.05) is 5.32 Å². The number of rotatable bonds is 2. The lowest BCUT2D eigenvalue weighted by molar-refractivity contribution is 0.102. The zero-order valence-electron chi connectivity index (χ0n) is 11.3. The normalized spacial score (nSPS) is 10.3. The van der Waals surface area contributed by atoms with E-state index in [2.05, 4.69) is 5.32 Å². The molecule has 3 nitrogen and oxygen atoms in total. The van der Waals surface area contributed by atoms with Gasteiger partial charge >= 0.3 is 0 Å². The molecule has 0 bridgehead atoms. The van der Waals surface area contributed by atoms with E-state index in [0.717, 1.165) is 16.7 Å². The lowest BCUT2D eigenvalue weighted by Gasteiger charge is -2.08. The number of nitrogens with one attached hydrogen (secondary N) is 1. The standard InChI is InChI=1S/C16H17NO2/c1-10-4-5-13(8-11(10)2)16(19)17-14-6-7-15(18)12(3)9-14/h4-9,18H,1-3H3,(H,17,19). The van der Waals surface area contributed by atoms with Gasteiger partial charge in [0, 0.05) is 11.3 Å². The van der Waals surface area contributed by atoms with Crippen LogP contribution in [-0.2, 0) is 0 Å². The molecule has 2 aromatic carbocycles. The highest BCUT2D eigenvalue weighted by Crippen LogP contribution is 2.21. The summed E-state index contributed by atoms with van der Waals surface area (Å²) in [6, 6.07) is 10.6. The van der Waals surface area contributed by atoms with E-state index in [1.54, 1.807) is 25.1 Å². The van der Waals surface area contributed by atoms with Gasteiger partial charge in [-0.25, -0.2) is 0 Å². The Hall–Kier alpha value is -2.29. The van der Waals surface area contributed by atoms with Crippen molar-refractivity contribution in [2.24, 2.45) is 0 Å². The van der Waals surface area contributed by atoms with Crippen LogP contribution in [0.5, 0.6) is 5.75 Å². The monoisotopic (exact) mass is 255 g/mol. The third-order valence-corrected chi connectivity index (χ3v) is 3.22. The molecule has 3 heteroatoms. The molecule has 0 fully saturated rings. The van der Waals surface area contributed by atoms with E-state index < -0.39 is 0 Å². The van der Waals surface area contributed by atoms with E-state index in [0.29, 0.717) is 11.3 Å². The molecule has 0 spiro atoms. The SMILES string of the molecule is Cc1ccc(C(=O)Nc2ccc(O)c(C)c2)cc1C. The number of phenolic OH excluding ortho intramolecular Hbond substituents is 1. The molecule has 0 aromatic heterocycles. The Morgan fingerprint density at radius 1 is 0.947 bits per heavy atom. The molecule has 2 aromatic rings. The van der Waals surface area contributed by atoms with E-state index in [1.807, 2.05) is 32.0 Å². The first-order chi connectivity index (χ1) is 8.97. The molecule has 98 valence electrons. The molecule has 0 unspecified atom stereocenters. The maximum atomic E-state index is 12.1.